The summed E-state index contributed by atoms with van der Waals surface area (Å²) in [6.07, 6.45) is 3.50. The molecule has 3 rings (SSSR count). The van der Waals surface area contributed by atoms with Crippen molar-refractivity contribution < 1.29 is 9.53 Å². The van der Waals surface area contributed by atoms with Gasteiger partial charge in [0.05, 0.1) is 13.7 Å². The van der Waals surface area contributed by atoms with Crippen LogP contribution in [0.2, 0.25) is 0 Å². The molecule has 1 fully saturated rings. The second kappa shape index (κ2) is 10.1. The monoisotopic (exact) mass is 381 g/mol. The SMILES string of the molecule is CCCCc1ccc(NC(=O)CN2CCN(c3cccc(OC)c3)CC2)cc1. The van der Waals surface area contributed by atoms with Crippen LogP contribution in [0.5, 0.6) is 5.75 Å². The van der Waals surface area contributed by atoms with Crippen molar-refractivity contribution in [3.05, 3.63) is 54.1 Å². The van der Waals surface area contributed by atoms with Crippen LogP contribution in [-0.2, 0) is 11.2 Å². The number of ether oxygens (including phenoxy) is 1. The Morgan fingerprint density at radius 2 is 1.82 bits per heavy atom. The van der Waals surface area contributed by atoms with Gasteiger partial charge >= 0.3 is 0 Å². The van der Waals surface area contributed by atoms with Gasteiger partial charge < -0.3 is 15.0 Å². The number of hydrogen-bond acceptors (Lipinski definition) is 4. The van der Waals surface area contributed by atoms with E-state index in [-0.39, 0.29) is 5.91 Å². The lowest BCUT2D eigenvalue weighted by atomic mass is 10.1. The number of carbonyl (C=O) groups is 1. The summed E-state index contributed by atoms with van der Waals surface area (Å²) < 4.78 is 5.31. The Kier molecular flexibility index (Phi) is 7.31. The van der Waals surface area contributed by atoms with Crippen LogP contribution in [0.1, 0.15) is 25.3 Å². The van der Waals surface area contributed by atoms with Gasteiger partial charge in [-0.25, -0.2) is 0 Å². The van der Waals surface area contributed by atoms with Gasteiger partial charge in [0.1, 0.15) is 5.75 Å². The highest BCUT2D eigenvalue weighted by atomic mass is 16.5. The molecule has 150 valence electrons. The molecule has 1 aliphatic heterocycles. The minimum Gasteiger partial charge on any atom is -0.497 e. The average Bonchev–Trinajstić information content (AvgIpc) is 2.74. The Labute approximate surface area is 168 Å². The lowest BCUT2D eigenvalue weighted by molar-refractivity contribution is -0.117. The molecule has 1 amide bonds. The number of rotatable bonds is 8. The Morgan fingerprint density at radius 1 is 1.07 bits per heavy atom. The van der Waals surface area contributed by atoms with Gasteiger partial charge in [0.15, 0.2) is 0 Å². The molecule has 1 aliphatic rings. The first kappa shape index (κ1) is 20.2. The van der Waals surface area contributed by atoms with Crippen LogP contribution >= 0.6 is 0 Å². The fourth-order valence-corrected chi connectivity index (χ4v) is 3.51. The van der Waals surface area contributed by atoms with Crippen LogP contribution in [0.25, 0.3) is 0 Å². The van der Waals surface area contributed by atoms with Crippen molar-refractivity contribution in [3.63, 3.8) is 0 Å². The second-order valence-corrected chi connectivity index (χ2v) is 7.31. The maximum absolute atomic E-state index is 12.4. The fourth-order valence-electron chi connectivity index (χ4n) is 3.51. The first-order chi connectivity index (χ1) is 13.7. The van der Waals surface area contributed by atoms with E-state index < -0.39 is 0 Å². The Morgan fingerprint density at radius 3 is 2.50 bits per heavy atom. The summed E-state index contributed by atoms with van der Waals surface area (Å²) in [6.45, 7) is 6.20. The van der Waals surface area contributed by atoms with Crippen LogP contribution in [0.15, 0.2) is 48.5 Å². The largest absolute Gasteiger partial charge is 0.497 e. The van der Waals surface area contributed by atoms with E-state index in [0.29, 0.717) is 6.54 Å². The molecule has 1 saturated heterocycles. The normalized spacial score (nSPS) is 14.7. The highest BCUT2D eigenvalue weighted by Gasteiger charge is 2.19. The van der Waals surface area contributed by atoms with Crippen molar-refractivity contribution in [2.75, 3.05) is 50.1 Å². The van der Waals surface area contributed by atoms with Crippen molar-refractivity contribution >= 4 is 17.3 Å². The zero-order valence-electron chi connectivity index (χ0n) is 17.0. The number of methoxy groups -OCH3 is 1. The van der Waals surface area contributed by atoms with Crippen molar-refractivity contribution in [1.29, 1.82) is 0 Å². The smallest absolute Gasteiger partial charge is 0.238 e. The molecule has 5 heteroatoms. The number of amides is 1. The molecule has 0 saturated carbocycles. The van der Waals surface area contributed by atoms with Gasteiger partial charge in [0.25, 0.3) is 0 Å². The molecule has 2 aromatic rings. The van der Waals surface area contributed by atoms with Crippen LogP contribution in [0, 0.1) is 0 Å². The van der Waals surface area contributed by atoms with Crippen molar-refractivity contribution in [1.82, 2.24) is 4.90 Å². The lowest BCUT2D eigenvalue weighted by Crippen LogP contribution is -2.48. The van der Waals surface area contributed by atoms with Crippen LogP contribution < -0.4 is 15.0 Å². The Balaban J connectivity index is 1.44. The van der Waals surface area contributed by atoms with Crippen LogP contribution in [-0.4, -0.2) is 50.6 Å². The number of nitrogens with one attached hydrogen (secondary N) is 1. The molecular formula is C23H31N3O2. The van der Waals surface area contributed by atoms with Crippen molar-refractivity contribution in [2.24, 2.45) is 0 Å². The molecule has 0 aliphatic carbocycles. The van der Waals surface area contributed by atoms with Crippen molar-refractivity contribution in [3.8, 4) is 5.75 Å². The van der Waals surface area contributed by atoms with Gasteiger partial charge in [0, 0.05) is 43.6 Å². The van der Waals surface area contributed by atoms with E-state index in [1.807, 2.05) is 24.3 Å². The Hall–Kier alpha value is -2.53. The highest BCUT2D eigenvalue weighted by molar-refractivity contribution is 5.92. The first-order valence-corrected chi connectivity index (χ1v) is 10.2. The van der Waals surface area contributed by atoms with Crippen molar-refractivity contribution in [2.45, 2.75) is 26.2 Å². The zero-order chi connectivity index (χ0) is 19.8. The summed E-state index contributed by atoms with van der Waals surface area (Å²) in [5, 5.41) is 3.02. The maximum atomic E-state index is 12.4. The molecule has 0 spiro atoms. The number of carbonyl (C=O) groups excluding carboxylic acids is 1. The summed E-state index contributed by atoms with van der Waals surface area (Å²) in [7, 11) is 1.69. The summed E-state index contributed by atoms with van der Waals surface area (Å²) in [4.78, 5) is 16.9. The van der Waals surface area contributed by atoms with E-state index in [2.05, 4.69) is 46.3 Å². The molecule has 5 nitrogen and oxygen atoms in total. The van der Waals surface area contributed by atoms with Crippen LogP contribution in [0.4, 0.5) is 11.4 Å². The number of unbranched alkanes of at least 4 members (excludes halogenated alkanes) is 1. The lowest BCUT2D eigenvalue weighted by Gasteiger charge is -2.35. The van der Waals surface area contributed by atoms with Gasteiger partial charge in [-0.3, -0.25) is 9.69 Å². The van der Waals surface area contributed by atoms with E-state index >= 15 is 0 Å². The van der Waals surface area contributed by atoms with Crippen LogP contribution in [0.3, 0.4) is 0 Å². The predicted octanol–water partition coefficient (Wildman–Crippen LogP) is 3.80. The minimum atomic E-state index is 0.0520. The zero-order valence-corrected chi connectivity index (χ0v) is 17.0. The molecule has 0 aromatic heterocycles. The summed E-state index contributed by atoms with van der Waals surface area (Å²) >= 11 is 0. The number of benzene rings is 2. The molecular weight excluding hydrogens is 350 g/mol. The van der Waals surface area contributed by atoms with E-state index in [1.165, 1.54) is 24.1 Å². The summed E-state index contributed by atoms with van der Waals surface area (Å²) in [6, 6.07) is 16.4. The second-order valence-electron chi connectivity index (χ2n) is 7.31. The standard InChI is InChI=1S/C23H31N3O2/c1-3-4-6-19-9-11-20(12-10-19)24-23(27)18-25-13-15-26(16-14-25)21-7-5-8-22(17-21)28-2/h5,7-12,17H,3-4,6,13-16,18H2,1-2H3,(H,24,27). The molecule has 0 unspecified atom stereocenters. The number of piperazine rings is 1. The van der Waals surface area contributed by atoms with Gasteiger partial charge in [-0.2, -0.15) is 0 Å². The topological polar surface area (TPSA) is 44.8 Å². The molecule has 0 radical (unpaired) electrons. The Bertz CT molecular complexity index is 753. The molecule has 1 heterocycles. The van der Waals surface area contributed by atoms with E-state index in [0.717, 1.165) is 44.0 Å². The number of anilines is 2. The van der Waals surface area contributed by atoms with Gasteiger partial charge in [-0.05, 0) is 42.7 Å². The van der Waals surface area contributed by atoms with E-state index in [4.69, 9.17) is 4.74 Å². The third kappa shape index (κ3) is 5.73. The third-order valence-electron chi connectivity index (χ3n) is 5.21. The summed E-state index contributed by atoms with van der Waals surface area (Å²) in [5.41, 5.74) is 3.38. The maximum Gasteiger partial charge on any atom is 0.238 e. The number of nitrogens with zero attached hydrogens (tertiary/aromatic N) is 2. The molecule has 1 N–H and O–H groups in total. The predicted molar refractivity (Wildman–Crippen MR) is 115 cm³/mol. The quantitative estimate of drug-likeness (QED) is 0.755. The average molecular weight is 382 g/mol. The number of hydrogen-bond donors (Lipinski definition) is 1. The van der Waals surface area contributed by atoms with E-state index in [9.17, 15) is 4.79 Å². The molecule has 0 atom stereocenters. The molecule has 28 heavy (non-hydrogen) atoms. The third-order valence-corrected chi connectivity index (χ3v) is 5.21. The van der Waals surface area contributed by atoms with Gasteiger partial charge in [0.2, 0.25) is 5.91 Å². The summed E-state index contributed by atoms with van der Waals surface area (Å²) in [5.74, 6) is 0.927. The fraction of sp³-hybridized carbons (Fsp3) is 0.435. The highest BCUT2D eigenvalue weighted by Crippen LogP contribution is 2.22. The van der Waals surface area contributed by atoms with E-state index in [1.54, 1.807) is 7.11 Å². The minimum absolute atomic E-state index is 0.0520. The van der Waals surface area contributed by atoms with Gasteiger partial charge in [-0.1, -0.05) is 31.5 Å². The first-order valence-electron chi connectivity index (χ1n) is 10.2. The van der Waals surface area contributed by atoms with Gasteiger partial charge in [-0.15, -0.1) is 0 Å². The number of aryl methyl sites for hydroxylation is 1. The molecule has 2 aromatic carbocycles. The molecule has 0 bridgehead atoms.